The van der Waals surface area contributed by atoms with Gasteiger partial charge in [0.2, 0.25) is 5.88 Å². The predicted molar refractivity (Wildman–Crippen MR) is 75.7 cm³/mol. The number of rotatable bonds is 7. The lowest BCUT2D eigenvalue weighted by Crippen LogP contribution is -2.22. The van der Waals surface area contributed by atoms with Crippen LogP contribution in [0.2, 0.25) is 0 Å². The minimum absolute atomic E-state index is 0.184. The highest BCUT2D eigenvalue weighted by atomic mass is 16.5. The van der Waals surface area contributed by atoms with E-state index in [2.05, 4.69) is 51.0 Å². The quantitative estimate of drug-likeness (QED) is 0.806. The molecule has 1 aromatic rings. The first kappa shape index (κ1) is 15.0. The van der Waals surface area contributed by atoms with E-state index >= 15 is 0 Å². The Morgan fingerprint density at radius 3 is 2.56 bits per heavy atom. The molecule has 1 heterocycles. The Bertz CT molecular complexity index is 350. The molecule has 1 aromatic heterocycles. The van der Waals surface area contributed by atoms with Crippen molar-refractivity contribution in [1.82, 2.24) is 10.3 Å². The third kappa shape index (κ3) is 5.05. The van der Waals surface area contributed by atoms with Gasteiger partial charge in [0.15, 0.2) is 0 Å². The van der Waals surface area contributed by atoms with Gasteiger partial charge in [-0.3, -0.25) is 0 Å². The van der Waals surface area contributed by atoms with Gasteiger partial charge >= 0.3 is 0 Å². The number of nitrogens with zero attached hydrogens (tertiary/aromatic N) is 1. The Labute approximate surface area is 111 Å². The molecule has 0 saturated carbocycles. The van der Waals surface area contributed by atoms with Crippen molar-refractivity contribution in [2.24, 2.45) is 11.8 Å². The molecule has 0 aliphatic rings. The fraction of sp³-hybridized carbons (Fsp3) is 0.667. The zero-order chi connectivity index (χ0) is 13.5. The Kier molecular flexibility index (Phi) is 6.13. The molecule has 18 heavy (non-hydrogen) atoms. The van der Waals surface area contributed by atoms with Crippen LogP contribution in [0.4, 0.5) is 0 Å². The van der Waals surface area contributed by atoms with Gasteiger partial charge in [-0.1, -0.05) is 33.8 Å². The van der Waals surface area contributed by atoms with Crippen LogP contribution in [0.1, 0.15) is 40.2 Å². The molecule has 1 unspecified atom stereocenters. The lowest BCUT2D eigenvalue weighted by Gasteiger charge is -2.19. The molecule has 1 atom stereocenters. The zero-order valence-corrected chi connectivity index (χ0v) is 12.2. The molecular weight excluding hydrogens is 224 g/mol. The molecule has 1 N–H and O–H groups in total. The summed E-state index contributed by atoms with van der Waals surface area (Å²) in [6, 6.07) is 4.03. The standard InChI is InChI=1S/C15H26N2O/c1-11(2)9-16-10-14-7-6-8-17-15(14)18-13(5)12(3)4/h6-8,11-13,16H,9-10H2,1-5H3. The molecule has 0 amide bonds. The van der Waals surface area contributed by atoms with E-state index in [4.69, 9.17) is 4.74 Å². The molecule has 3 nitrogen and oxygen atoms in total. The van der Waals surface area contributed by atoms with Crippen molar-refractivity contribution in [1.29, 1.82) is 0 Å². The average Bonchev–Trinajstić information content (AvgIpc) is 2.30. The first-order valence-corrected chi connectivity index (χ1v) is 6.82. The van der Waals surface area contributed by atoms with Crippen molar-refractivity contribution in [2.45, 2.75) is 47.3 Å². The van der Waals surface area contributed by atoms with Gasteiger partial charge in [0.25, 0.3) is 0 Å². The molecule has 0 aromatic carbocycles. The van der Waals surface area contributed by atoms with Gasteiger partial charge in [0.1, 0.15) is 0 Å². The molecule has 0 saturated heterocycles. The second-order valence-electron chi connectivity index (χ2n) is 5.56. The summed E-state index contributed by atoms with van der Waals surface area (Å²) in [4.78, 5) is 4.34. The minimum atomic E-state index is 0.184. The van der Waals surface area contributed by atoms with Gasteiger partial charge in [-0.05, 0) is 31.4 Å². The van der Waals surface area contributed by atoms with Crippen LogP contribution in [0.15, 0.2) is 18.3 Å². The van der Waals surface area contributed by atoms with E-state index in [1.165, 1.54) is 0 Å². The minimum Gasteiger partial charge on any atom is -0.474 e. The molecule has 0 spiro atoms. The van der Waals surface area contributed by atoms with Crippen molar-refractivity contribution in [3.05, 3.63) is 23.9 Å². The van der Waals surface area contributed by atoms with E-state index in [1.807, 2.05) is 6.07 Å². The Morgan fingerprint density at radius 2 is 1.94 bits per heavy atom. The third-order valence-corrected chi connectivity index (χ3v) is 2.95. The number of ether oxygens (including phenoxy) is 1. The maximum absolute atomic E-state index is 5.91. The molecule has 0 bridgehead atoms. The molecule has 0 aliphatic heterocycles. The van der Waals surface area contributed by atoms with Crippen molar-refractivity contribution >= 4 is 0 Å². The normalized spacial score (nSPS) is 13.1. The van der Waals surface area contributed by atoms with E-state index in [1.54, 1.807) is 6.20 Å². The summed E-state index contributed by atoms with van der Waals surface area (Å²) in [5.41, 5.74) is 1.13. The van der Waals surface area contributed by atoms with E-state index in [-0.39, 0.29) is 6.10 Å². The van der Waals surface area contributed by atoms with E-state index in [0.29, 0.717) is 11.8 Å². The molecule has 0 fully saturated rings. The topological polar surface area (TPSA) is 34.2 Å². The molecule has 1 rings (SSSR count). The summed E-state index contributed by atoms with van der Waals surface area (Å²) in [5, 5.41) is 3.42. The number of hydrogen-bond donors (Lipinski definition) is 1. The first-order valence-electron chi connectivity index (χ1n) is 6.82. The van der Waals surface area contributed by atoms with Crippen LogP contribution >= 0.6 is 0 Å². The zero-order valence-electron chi connectivity index (χ0n) is 12.2. The van der Waals surface area contributed by atoms with Crippen molar-refractivity contribution < 1.29 is 4.74 Å². The fourth-order valence-electron chi connectivity index (χ4n) is 1.47. The van der Waals surface area contributed by atoms with Gasteiger partial charge in [-0.15, -0.1) is 0 Å². The van der Waals surface area contributed by atoms with Gasteiger partial charge in [-0.2, -0.15) is 0 Å². The number of nitrogens with one attached hydrogen (secondary N) is 1. The van der Waals surface area contributed by atoms with Crippen LogP contribution in [0, 0.1) is 11.8 Å². The Morgan fingerprint density at radius 1 is 1.22 bits per heavy atom. The summed E-state index contributed by atoms with van der Waals surface area (Å²) in [7, 11) is 0. The van der Waals surface area contributed by atoms with Crippen LogP contribution < -0.4 is 10.1 Å². The van der Waals surface area contributed by atoms with Gasteiger partial charge < -0.3 is 10.1 Å². The smallest absolute Gasteiger partial charge is 0.218 e. The van der Waals surface area contributed by atoms with Gasteiger partial charge in [0.05, 0.1) is 6.10 Å². The number of hydrogen-bond acceptors (Lipinski definition) is 3. The highest BCUT2D eigenvalue weighted by Gasteiger charge is 2.12. The maximum Gasteiger partial charge on any atom is 0.218 e. The molecule has 0 radical (unpaired) electrons. The largest absolute Gasteiger partial charge is 0.474 e. The monoisotopic (exact) mass is 250 g/mol. The summed E-state index contributed by atoms with van der Waals surface area (Å²) in [6.45, 7) is 12.6. The van der Waals surface area contributed by atoms with Crippen LogP contribution in [0.3, 0.4) is 0 Å². The fourth-order valence-corrected chi connectivity index (χ4v) is 1.47. The molecule has 102 valence electrons. The van der Waals surface area contributed by atoms with Gasteiger partial charge in [-0.25, -0.2) is 4.98 Å². The third-order valence-electron chi connectivity index (χ3n) is 2.95. The average molecular weight is 250 g/mol. The summed E-state index contributed by atoms with van der Waals surface area (Å²) >= 11 is 0. The number of pyridine rings is 1. The molecular formula is C15H26N2O. The summed E-state index contributed by atoms with van der Waals surface area (Å²) in [5.74, 6) is 1.90. The second-order valence-corrected chi connectivity index (χ2v) is 5.56. The van der Waals surface area contributed by atoms with Crippen LogP contribution in [0.25, 0.3) is 0 Å². The first-order chi connectivity index (χ1) is 8.50. The second kappa shape index (κ2) is 7.37. The molecule has 0 aliphatic carbocycles. The van der Waals surface area contributed by atoms with E-state index in [9.17, 15) is 0 Å². The highest BCUT2D eigenvalue weighted by Crippen LogP contribution is 2.18. The van der Waals surface area contributed by atoms with Gasteiger partial charge in [0, 0.05) is 18.3 Å². The van der Waals surface area contributed by atoms with E-state index in [0.717, 1.165) is 24.5 Å². The Hall–Kier alpha value is -1.09. The van der Waals surface area contributed by atoms with E-state index < -0.39 is 0 Å². The SMILES string of the molecule is CC(C)CNCc1cccnc1OC(C)C(C)C. The predicted octanol–water partition coefficient (Wildman–Crippen LogP) is 3.25. The van der Waals surface area contributed by atoms with Crippen molar-refractivity contribution in [3.63, 3.8) is 0 Å². The van der Waals surface area contributed by atoms with Crippen molar-refractivity contribution in [3.8, 4) is 5.88 Å². The van der Waals surface area contributed by atoms with Crippen molar-refractivity contribution in [2.75, 3.05) is 6.54 Å². The van der Waals surface area contributed by atoms with Crippen LogP contribution in [0.5, 0.6) is 5.88 Å². The maximum atomic E-state index is 5.91. The lowest BCUT2D eigenvalue weighted by molar-refractivity contribution is 0.161. The highest BCUT2D eigenvalue weighted by molar-refractivity contribution is 5.25. The summed E-state index contributed by atoms with van der Waals surface area (Å²) in [6.07, 6.45) is 1.97. The molecule has 3 heteroatoms. The summed E-state index contributed by atoms with van der Waals surface area (Å²) < 4.78 is 5.91. The number of aromatic nitrogens is 1. The Balaban J connectivity index is 2.61. The lowest BCUT2D eigenvalue weighted by atomic mass is 10.1. The van der Waals surface area contributed by atoms with Crippen LogP contribution in [-0.2, 0) is 6.54 Å². The van der Waals surface area contributed by atoms with Crippen LogP contribution in [-0.4, -0.2) is 17.6 Å².